The predicted molar refractivity (Wildman–Crippen MR) is 92.8 cm³/mol. The molecule has 6 nitrogen and oxygen atoms in total. The molecule has 0 saturated carbocycles. The Balaban J connectivity index is 1.79. The zero-order valence-electron chi connectivity index (χ0n) is 14.5. The zero-order chi connectivity index (χ0) is 17.5. The summed E-state index contributed by atoms with van der Waals surface area (Å²) in [5.74, 6) is 0.676. The van der Waals surface area contributed by atoms with E-state index in [-0.39, 0.29) is 17.9 Å². The molecule has 0 aliphatic carbocycles. The van der Waals surface area contributed by atoms with E-state index in [2.05, 4.69) is 5.32 Å². The van der Waals surface area contributed by atoms with E-state index in [1.165, 1.54) is 0 Å². The molecule has 2 rings (SSSR count). The summed E-state index contributed by atoms with van der Waals surface area (Å²) >= 11 is 0. The minimum absolute atomic E-state index is 0.00413. The van der Waals surface area contributed by atoms with Crippen LogP contribution >= 0.6 is 0 Å². The van der Waals surface area contributed by atoms with E-state index in [9.17, 15) is 9.59 Å². The number of rotatable bonds is 6. The van der Waals surface area contributed by atoms with Crippen LogP contribution in [0.15, 0.2) is 24.3 Å². The molecule has 1 fully saturated rings. The molecule has 0 bridgehead atoms. The van der Waals surface area contributed by atoms with Gasteiger partial charge < -0.3 is 20.7 Å². The van der Waals surface area contributed by atoms with Gasteiger partial charge in [-0.3, -0.25) is 4.79 Å². The van der Waals surface area contributed by atoms with Gasteiger partial charge in [0, 0.05) is 19.6 Å². The van der Waals surface area contributed by atoms with Crippen LogP contribution in [-0.2, 0) is 11.2 Å². The number of nitrogens with zero attached hydrogens (tertiary/aromatic N) is 1. The Hall–Kier alpha value is -2.24. The van der Waals surface area contributed by atoms with Crippen LogP contribution in [0.1, 0.15) is 32.3 Å². The van der Waals surface area contributed by atoms with Crippen molar-refractivity contribution in [3.05, 3.63) is 29.8 Å². The lowest BCUT2D eigenvalue weighted by Crippen LogP contribution is -2.47. The van der Waals surface area contributed by atoms with Crippen LogP contribution in [0.4, 0.5) is 4.79 Å². The first-order chi connectivity index (χ1) is 11.5. The number of hydrogen-bond donors (Lipinski definition) is 2. The molecule has 3 N–H and O–H groups in total. The summed E-state index contributed by atoms with van der Waals surface area (Å²) < 4.78 is 5.68. The normalized spacial score (nSPS) is 17.6. The number of hydrogen-bond acceptors (Lipinski definition) is 3. The van der Waals surface area contributed by atoms with E-state index in [1.54, 1.807) is 4.90 Å². The first kappa shape index (κ1) is 18.1. The van der Waals surface area contributed by atoms with Gasteiger partial charge in [0.05, 0.1) is 12.0 Å². The van der Waals surface area contributed by atoms with Gasteiger partial charge in [-0.05, 0) is 50.8 Å². The monoisotopic (exact) mass is 333 g/mol. The highest BCUT2D eigenvalue weighted by Gasteiger charge is 2.27. The number of carbonyl (C=O) groups excluding carboxylic acids is 2. The van der Waals surface area contributed by atoms with Crippen LogP contribution in [0.25, 0.3) is 0 Å². The minimum atomic E-state index is -0.450. The quantitative estimate of drug-likeness (QED) is 0.834. The second-order valence-electron chi connectivity index (χ2n) is 6.48. The molecule has 0 radical (unpaired) electrons. The van der Waals surface area contributed by atoms with Crippen LogP contribution in [-0.4, -0.2) is 42.6 Å². The third kappa shape index (κ3) is 5.44. The second kappa shape index (κ2) is 8.57. The molecule has 0 spiro atoms. The highest BCUT2D eigenvalue weighted by Crippen LogP contribution is 2.17. The lowest BCUT2D eigenvalue weighted by molar-refractivity contribution is -0.126. The van der Waals surface area contributed by atoms with Crippen LogP contribution in [0.2, 0.25) is 0 Å². The molecule has 1 aliphatic heterocycles. The Bertz CT molecular complexity index is 574. The predicted octanol–water partition coefficient (Wildman–Crippen LogP) is 1.92. The summed E-state index contributed by atoms with van der Waals surface area (Å²) in [4.78, 5) is 25.0. The fraction of sp³-hybridized carbons (Fsp3) is 0.556. The lowest BCUT2D eigenvalue weighted by Gasteiger charge is -2.30. The van der Waals surface area contributed by atoms with Crippen molar-refractivity contribution in [3.63, 3.8) is 0 Å². The highest BCUT2D eigenvalue weighted by molar-refractivity contribution is 5.80. The molecule has 1 heterocycles. The zero-order valence-corrected chi connectivity index (χ0v) is 14.5. The van der Waals surface area contributed by atoms with Gasteiger partial charge in [0.2, 0.25) is 5.91 Å². The number of primary amides is 1. The molecule has 1 aromatic rings. The van der Waals surface area contributed by atoms with Gasteiger partial charge >= 0.3 is 6.03 Å². The molecule has 0 aromatic heterocycles. The Morgan fingerprint density at radius 1 is 1.42 bits per heavy atom. The van der Waals surface area contributed by atoms with Crippen LogP contribution in [0.5, 0.6) is 5.75 Å². The number of nitrogens with two attached hydrogens (primary N) is 1. The number of nitrogens with one attached hydrogen (secondary N) is 1. The van der Waals surface area contributed by atoms with Crippen LogP contribution in [0.3, 0.4) is 0 Å². The molecule has 1 saturated heterocycles. The fourth-order valence-electron chi connectivity index (χ4n) is 2.91. The van der Waals surface area contributed by atoms with Crippen molar-refractivity contribution in [2.75, 3.05) is 19.6 Å². The van der Waals surface area contributed by atoms with Crippen molar-refractivity contribution in [1.82, 2.24) is 10.2 Å². The van der Waals surface area contributed by atoms with Gasteiger partial charge in [-0.2, -0.15) is 0 Å². The highest BCUT2D eigenvalue weighted by atomic mass is 16.5. The summed E-state index contributed by atoms with van der Waals surface area (Å²) in [5, 5.41) is 2.96. The smallest absolute Gasteiger partial charge is 0.314 e. The second-order valence-corrected chi connectivity index (χ2v) is 6.48. The Kier molecular flexibility index (Phi) is 6.46. The average molecular weight is 333 g/mol. The third-order valence-electron chi connectivity index (χ3n) is 4.09. The van der Waals surface area contributed by atoms with Gasteiger partial charge in [-0.25, -0.2) is 4.79 Å². The van der Waals surface area contributed by atoms with Crippen molar-refractivity contribution >= 4 is 11.9 Å². The van der Waals surface area contributed by atoms with E-state index in [0.29, 0.717) is 19.6 Å². The topological polar surface area (TPSA) is 84.7 Å². The molecule has 1 aliphatic rings. The molecular weight excluding hydrogens is 306 g/mol. The third-order valence-corrected chi connectivity index (χ3v) is 4.09. The van der Waals surface area contributed by atoms with Crippen LogP contribution in [0, 0.1) is 5.92 Å². The Morgan fingerprint density at radius 2 is 2.21 bits per heavy atom. The molecule has 1 aromatic carbocycles. The number of likely N-dealkylation sites (tertiary alicyclic amines) is 1. The average Bonchev–Trinajstić information content (AvgIpc) is 2.54. The fourth-order valence-corrected chi connectivity index (χ4v) is 2.91. The maximum absolute atomic E-state index is 12.3. The number of benzene rings is 1. The maximum atomic E-state index is 12.3. The Morgan fingerprint density at radius 3 is 2.92 bits per heavy atom. The van der Waals surface area contributed by atoms with Crippen molar-refractivity contribution in [3.8, 4) is 5.75 Å². The minimum Gasteiger partial charge on any atom is -0.491 e. The van der Waals surface area contributed by atoms with Gasteiger partial charge in [0.1, 0.15) is 5.75 Å². The van der Waals surface area contributed by atoms with Crippen molar-refractivity contribution in [2.24, 2.45) is 11.7 Å². The van der Waals surface area contributed by atoms with Crippen molar-refractivity contribution in [1.29, 1.82) is 0 Å². The molecule has 132 valence electrons. The standard InChI is InChI=1S/C18H27N3O3/c1-13(2)24-16-7-3-5-14(11-16)8-9-20-17(22)15-6-4-10-21(12-15)18(19)23/h3,5,7,11,13,15H,4,6,8-10,12H2,1-2H3,(H2,19,23)(H,20,22)/t15-/m0/s1. The van der Waals surface area contributed by atoms with Crippen LogP contribution < -0.4 is 15.8 Å². The van der Waals surface area contributed by atoms with E-state index in [4.69, 9.17) is 10.5 Å². The van der Waals surface area contributed by atoms with Gasteiger partial charge in [-0.1, -0.05) is 12.1 Å². The van der Waals surface area contributed by atoms with E-state index < -0.39 is 6.03 Å². The molecular formula is C18H27N3O3. The molecule has 0 unspecified atom stereocenters. The van der Waals surface area contributed by atoms with E-state index in [1.807, 2.05) is 38.1 Å². The molecule has 1 atom stereocenters. The van der Waals surface area contributed by atoms with E-state index in [0.717, 1.165) is 30.6 Å². The molecule has 24 heavy (non-hydrogen) atoms. The summed E-state index contributed by atoms with van der Waals surface area (Å²) in [6, 6.07) is 7.47. The summed E-state index contributed by atoms with van der Waals surface area (Å²) in [5.41, 5.74) is 6.42. The number of piperidine rings is 1. The first-order valence-corrected chi connectivity index (χ1v) is 8.53. The molecule has 6 heteroatoms. The van der Waals surface area contributed by atoms with Crippen molar-refractivity contribution < 1.29 is 14.3 Å². The SMILES string of the molecule is CC(C)Oc1cccc(CCNC(=O)[C@H]2CCCN(C(N)=O)C2)c1. The lowest BCUT2D eigenvalue weighted by atomic mass is 9.97. The largest absolute Gasteiger partial charge is 0.491 e. The maximum Gasteiger partial charge on any atom is 0.314 e. The van der Waals surface area contributed by atoms with E-state index >= 15 is 0 Å². The van der Waals surface area contributed by atoms with Gasteiger partial charge in [-0.15, -0.1) is 0 Å². The first-order valence-electron chi connectivity index (χ1n) is 8.53. The summed E-state index contributed by atoms with van der Waals surface area (Å²) in [6.07, 6.45) is 2.50. The summed E-state index contributed by atoms with van der Waals surface area (Å²) in [7, 11) is 0. The number of ether oxygens (including phenoxy) is 1. The van der Waals surface area contributed by atoms with Crippen molar-refractivity contribution in [2.45, 2.75) is 39.2 Å². The Labute approximate surface area is 143 Å². The summed E-state index contributed by atoms with van der Waals surface area (Å²) in [6.45, 7) is 5.61. The number of carbonyl (C=O) groups is 2. The van der Waals surface area contributed by atoms with Gasteiger partial charge in [0.25, 0.3) is 0 Å². The number of urea groups is 1. The number of amides is 3. The van der Waals surface area contributed by atoms with Gasteiger partial charge in [0.15, 0.2) is 0 Å². The molecule has 3 amide bonds.